The third-order valence-electron chi connectivity index (χ3n) is 5.18. The number of hydrogen-bond acceptors (Lipinski definition) is 8. The number of aryl methyl sites for hydroxylation is 1. The molecule has 2 aliphatic rings. The van der Waals surface area contributed by atoms with Crippen molar-refractivity contribution in [2.45, 2.75) is 38.2 Å². The highest BCUT2D eigenvalue weighted by molar-refractivity contribution is 7.17. The van der Waals surface area contributed by atoms with Gasteiger partial charge in [-0.25, -0.2) is 9.59 Å². The van der Waals surface area contributed by atoms with Crippen LogP contribution in [0.25, 0.3) is 0 Å². The van der Waals surface area contributed by atoms with Gasteiger partial charge in [0.2, 0.25) is 6.10 Å². The van der Waals surface area contributed by atoms with Crippen molar-refractivity contribution in [3.63, 3.8) is 0 Å². The highest BCUT2D eigenvalue weighted by Crippen LogP contribution is 2.38. The maximum Gasteiger partial charge on any atom is 0.351 e. The van der Waals surface area contributed by atoms with Gasteiger partial charge in [-0.15, -0.1) is 11.3 Å². The number of carbonyl (C=O) groups excluding carboxylic acids is 3. The van der Waals surface area contributed by atoms with Gasteiger partial charge in [-0.3, -0.25) is 4.79 Å². The number of anilines is 1. The summed E-state index contributed by atoms with van der Waals surface area (Å²) in [5, 5.41) is 3.14. The molecule has 1 aliphatic carbocycles. The summed E-state index contributed by atoms with van der Waals surface area (Å²) in [6, 6.07) is 7.01. The molecule has 2 aromatic rings. The van der Waals surface area contributed by atoms with Crippen LogP contribution in [0.2, 0.25) is 0 Å². The molecule has 0 saturated carbocycles. The Morgan fingerprint density at radius 1 is 1.13 bits per heavy atom. The Kier molecular flexibility index (Phi) is 6.41. The molecule has 0 spiro atoms. The molecular weight excluding hydrogens is 422 g/mol. The number of rotatable bonds is 5. The fraction of sp³-hybridized carbons (Fsp3) is 0.409. The standard InChI is InChI=1S/C22H23NO7S/c1-27-22(26)19-13-7-3-2-4-10-17(13)31-20(19)23-18(24)12-29-21(25)16-11-28-14-8-5-6-9-15(14)30-16/h5-6,8-9,16H,2-4,7,10-12H2,1H3,(H,23,24)/t16-/m0/s1. The van der Waals surface area contributed by atoms with E-state index in [1.807, 2.05) is 0 Å². The monoisotopic (exact) mass is 445 g/mol. The quantitative estimate of drug-likeness (QED) is 0.557. The first-order valence-electron chi connectivity index (χ1n) is 10.1. The van der Waals surface area contributed by atoms with Gasteiger partial charge in [0, 0.05) is 4.88 Å². The molecule has 4 rings (SSSR count). The van der Waals surface area contributed by atoms with Gasteiger partial charge in [0.15, 0.2) is 18.1 Å². The molecule has 0 saturated heterocycles. The molecule has 1 atom stereocenters. The summed E-state index contributed by atoms with van der Waals surface area (Å²) in [6.45, 7) is -0.495. The molecular formula is C22H23NO7S. The molecule has 1 amide bonds. The minimum absolute atomic E-state index is 0.00159. The first kappa shape index (κ1) is 21.2. The lowest BCUT2D eigenvalue weighted by atomic mass is 10.1. The molecule has 164 valence electrons. The van der Waals surface area contributed by atoms with E-state index in [1.54, 1.807) is 24.3 Å². The second-order valence-corrected chi connectivity index (χ2v) is 8.39. The summed E-state index contributed by atoms with van der Waals surface area (Å²) in [5.41, 5.74) is 1.36. The summed E-state index contributed by atoms with van der Waals surface area (Å²) in [6.07, 6.45) is 3.84. The van der Waals surface area contributed by atoms with E-state index in [-0.39, 0.29) is 6.61 Å². The normalized spacial score (nSPS) is 17.1. The Hall–Kier alpha value is -3.07. The van der Waals surface area contributed by atoms with Crippen molar-refractivity contribution in [2.75, 3.05) is 25.6 Å². The lowest BCUT2D eigenvalue weighted by Gasteiger charge is -2.24. The number of carbonyl (C=O) groups is 3. The summed E-state index contributed by atoms with van der Waals surface area (Å²) in [5.74, 6) is -0.704. The second-order valence-electron chi connectivity index (χ2n) is 7.28. The number of esters is 2. The van der Waals surface area contributed by atoms with Crippen LogP contribution < -0.4 is 14.8 Å². The molecule has 31 heavy (non-hydrogen) atoms. The van der Waals surface area contributed by atoms with Gasteiger partial charge in [0.05, 0.1) is 12.7 Å². The van der Waals surface area contributed by atoms with Crippen LogP contribution in [-0.2, 0) is 31.9 Å². The zero-order chi connectivity index (χ0) is 21.8. The van der Waals surface area contributed by atoms with Crippen molar-refractivity contribution in [1.82, 2.24) is 0 Å². The maximum absolute atomic E-state index is 12.4. The zero-order valence-corrected chi connectivity index (χ0v) is 17.9. The lowest BCUT2D eigenvalue weighted by molar-refractivity contribution is -0.156. The Morgan fingerprint density at radius 3 is 2.71 bits per heavy atom. The van der Waals surface area contributed by atoms with Crippen molar-refractivity contribution < 1.29 is 33.3 Å². The molecule has 2 heterocycles. The van der Waals surface area contributed by atoms with Crippen molar-refractivity contribution in [2.24, 2.45) is 0 Å². The number of amides is 1. The third kappa shape index (κ3) is 4.66. The number of nitrogens with one attached hydrogen (secondary N) is 1. The summed E-state index contributed by atoms with van der Waals surface area (Å²) in [4.78, 5) is 38.2. The van der Waals surface area contributed by atoms with Gasteiger partial charge in [-0.05, 0) is 43.4 Å². The van der Waals surface area contributed by atoms with Crippen LogP contribution >= 0.6 is 11.3 Å². The Labute approximate surface area is 183 Å². The Balaban J connectivity index is 1.38. The first-order valence-corrected chi connectivity index (χ1v) is 11.0. The van der Waals surface area contributed by atoms with Crippen molar-refractivity contribution in [1.29, 1.82) is 0 Å². The zero-order valence-electron chi connectivity index (χ0n) is 17.1. The van der Waals surface area contributed by atoms with E-state index in [1.165, 1.54) is 18.4 Å². The average molecular weight is 445 g/mol. The highest BCUT2D eigenvalue weighted by Gasteiger charge is 2.30. The van der Waals surface area contributed by atoms with Crippen LogP contribution in [0.15, 0.2) is 24.3 Å². The smallest absolute Gasteiger partial charge is 0.351 e. The van der Waals surface area contributed by atoms with Crippen molar-refractivity contribution >= 4 is 34.2 Å². The molecule has 1 N–H and O–H groups in total. The molecule has 0 radical (unpaired) electrons. The van der Waals surface area contributed by atoms with Crippen LogP contribution in [0, 0.1) is 0 Å². The molecule has 1 aliphatic heterocycles. The predicted molar refractivity (Wildman–Crippen MR) is 113 cm³/mol. The average Bonchev–Trinajstić information content (AvgIpc) is 2.96. The third-order valence-corrected chi connectivity index (χ3v) is 6.39. The minimum Gasteiger partial charge on any atom is -0.485 e. The van der Waals surface area contributed by atoms with Crippen LogP contribution in [-0.4, -0.2) is 44.3 Å². The number of methoxy groups -OCH3 is 1. The van der Waals surface area contributed by atoms with E-state index < -0.39 is 30.6 Å². The van der Waals surface area contributed by atoms with Gasteiger partial charge < -0.3 is 24.3 Å². The van der Waals surface area contributed by atoms with Crippen LogP contribution in [0.4, 0.5) is 5.00 Å². The van der Waals surface area contributed by atoms with Gasteiger partial charge in [0.25, 0.3) is 5.91 Å². The van der Waals surface area contributed by atoms with Crippen LogP contribution in [0.5, 0.6) is 11.5 Å². The molecule has 0 bridgehead atoms. The Bertz CT molecular complexity index is 1000. The van der Waals surface area contributed by atoms with Gasteiger partial charge in [0.1, 0.15) is 11.6 Å². The topological polar surface area (TPSA) is 100 Å². The Morgan fingerprint density at radius 2 is 1.90 bits per heavy atom. The van der Waals surface area contributed by atoms with Crippen molar-refractivity contribution in [3.8, 4) is 11.5 Å². The summed E-state index contributed by atoms with van der Waals surface area (Å²) >= 11 is 1.38. The summed E-state index contributed by atoms with van der Waals surface area (Å²) in [7, 11) is 1.32. The van der Waals surface area contributed by atoms with Gasteiger partial charge in [-0.1, -0.05) is 18.6 Å². The SMILES string of the molecule is COC(=O)c1c(NC(=O)COC(=O)[C@@H]2COc3ccccc3O2)sc2c1CCCCC2. The highest BCUT2D eigenvalue weighted by atomic mass is 32.1. The fourth-order valence-electron chi connectivity index (χ4n) is 3.68. The van der Waals surface area contributed by atoms with Gasteiger partial charge in [-0.2, -0.15) is 0 Å². The number of para-hydroxylation sites is 2. The van der Waals surface area contributed by atoms with E-state index in [2.05, 4.69) is 5.32 Å². The van der Waals surface area contributed by atoms with Gasteiger partial charge >= 0.3 is 11.9 Å². The van der Waals surface area contributed by atoms with E-state index in [0.717, 1.165) is 42.5 Å². The number of fused-ring (bicyclic) bond motifs is 2. The molecule has 1 aromatic carbocycles. The molecule has 8 nitrogen and oxygen atoms in total. The van der Waals surface area contributed by atoms with E-state index >= 15 is 0 Å². The number of hydrogen-bond donors (Lipinski definition) is 1. The molecule has 9 heteroatoms. The van der Waals surface area contributed by atoms with Crippen molar-refractivity contribution in [3.05, 3.63) is 40.3 Å². The first-order chi connectivity index (χ1) is 15.1. The summed E-state index contributed by atoms with van der Waals surface area (Å²) < 4.78 is 21.1. The number of benzene rings is 1. The van der Waals surface area contributed by atoms with E-state index in [9.17, 15) is 14.4 Å². The predicted octanol–water partition coefficient (Wildman–Crippen LogP) is 3.13. The van der Waals surface area contributed by atoms with E-state index in [0.29, 0.717) is 22.1 Å². The van der Waals surface area contributed by atoms with Crippen LogP contribution in [0.3, 0.4) is 0 Å². The molecule has 1 aromatic heterocycles. The molecule has 0 unspecified atom stereocenters. The van der Waals surface area contributed by atoms with Crippen LogP contribution in [0.1, 0.15) is 40.1 Å². The lowest BCUT2D eigenvalue weighted by Crippen LogP contribution is -2.39. The number of ether oxygens (including phenoxy) is 4. The minimum atomic E-state index is -0.953. The maximum atomic E-state index is 12.4. The van der Waals surface area contributed by atoms with E-state index in [4.69, 9.17) is 18.9 Å². The fourth-order valence-corrected chi connectivity index (χ4v) is 4.97. The second kappa shape index (κ2) is 9.38. The molecule has 0 fully saturated rings. The number of thiophene rings is 1. The largest absolute Gasteiger partial charge is 0.485 e.